The zero-order valence-corrected chi connectivity index (χ0v) is 9.59. The lowest BCUT2D eigenvalue weighted by molar-refractivity contribution is 0.0670. The summed E-state index contributed by atoms with van der Waals surface area (Å²) in [4.78, 5) is 0. The molecule has 0 N–H and O–H groups in total. The molecular weight excluding hydrogens is 296 g/mol. The van der Waals surface area contributed by atoms with Crippen LogP contribution in [0.4, 0.5) is 0 Å². The van der Waals surface area contributed by atoms with Crippen molar-refractivity contribution in [2.24, 2.45) is 0 Å². The first kappa shape index (κ1) is 8.26. The zero-order valence-electron chi connectivity index (χ0n) is 5.60. The van der Waals surface area contributed by atoms with E-state index in [4.69, 9.17) is 9.47 Å². The lowest BCUT2D eigenvalue weighted by atomic mass is 10.4. The van der Waals surface area contributed by atoms with Gasteiger partial charge in [-0.15, -0.1) is 11.8 Å². The molecule has 2 rings (SSSR count). The van der Waals surface area contributed by atoms with E-state index in [-0.39, 0.29) is 2.57 Å². The fourth-order valence-corrected chi connectivity index (χ4v) is 3.22. The molecule has 0 aliphatic carbocycles. The van der Waals surface area contributed by atoms with Crippen molar-refractivity contribution in [2.75, 3.05) is 19.0 Å². The van der Waals surface area contributed by atoms with Crippen LogP contribution < -0.4 is 0 Å². The van der Waals surface area contributed by atoms with Crippen molar-refractivity contribution < 1.29 is 9.47 Å². The van der Waals surface area contributed by atoms with Gasteiger partial charge in [0.15, 0.2) is 8.32 Å². The molecule has 0 atom stereocenters. The Hall–Kier alpha value is 0.650. The maximum absolute atomic E-state index is 5.46. The Morgan fingerprint density at radius 2 is 2.00 bits per heavy atom. The summed E-state index contributed by atoms with van der Waals surface area (Å²) in [5.41, 5.74) is 0. The van der Waals surface area contributed by atoms with E-state index in [1.807, 2.05) is 0 Å². The molecule has 62 valence electrons. The van der Waals surface area contributed by atoms with Gasteiger partial charge in [-0.05, 0) is 0 Å². The molecule has 0 saturated heterocycles. The van der Waals surface area contributed by atoms with Crippen LogP contribution in [0.2, 0.25) is 0 Å². The Labute approximate surface area is 85.9 Å². The fraction of sp³-hybridized carbons (Fsp3) is 0.667. The van der Waals surface area contributed by atoms with E-state index in [2.05, 4.69) is 31.9 Å². The van der Waals surface area contributed by atoms with Crippen LogP contribution in [0.1, 0.15) is 0 Å². The van der Waals surface area contributed by atoms with E-state index < -0.39 is 0 Å². The first-order valence-corrected chi connectivity index (χ1v) is 5.78. The highest BCUT2D eigenvalue weighted by Gasteiger charge is 2.41. The molecule has 0 bridgehead atoms. The molecule has 0 spiro atoms. The normalized spacial score (nSPS) is 27.5. The highest BCUT2D eigenvalue weighted by Crippen LogP contribution is 2.53. The van der Waals surface area contributed by atoms with Crippen LogP contribution in [0.5, 0.6) is 0 Å². The smallest absolute Gasteiger partial charge is 0.186 e. The minimum Gasteiger partial charge on any atom is -0.490 e. The van der Waals surface area contributed by atoms with Crippen molar-refractivity contribution in [3.63, 3.8) is 0 Å². The molecule has 11 heavy (non-hydrogen) atoms. The summed E-state index contributed by atoms with van der Waals surface area (Å²) in [6.45, 7) is 1.33. The predicted octanol–water partition coefficient (Wildman–Crippen LogP) is 2.44. The van der Waals surface area contributed by atoms with Crippen LogP contribution in [0, 0.1) is 0 Å². The molecule has 0 aromatic rings. The Morgan fingerprint density at radius 3 is 2.73 bits per heavy atom. The molecule has 2 aliphatic rings. The zero-order chi connectivity index (χ0) is 7.90. The average molecular weight is 302 g/mol. The van der Waals surface area contributed by atoms with Gasteiger partial charge in [0.2, 0.25) is 0 Å². The van der Waals surface area contributed by atoms with Gasteiger partial charge in [-0.1, -0.05) is 31.9 Å². The van der Waals surface area contributed by atoms with E-state index in [0.29, 0.717) is 13.2 Å². The van der Waals surface area contributed by atoms with Gasteiger partial charge in [0, 0.05) is 0 Å². The third-order valence-corrected chi connectivity index (χ3v) is 4.56. The quantitative estimate of drug-likeness (QED) is 0.640. The van der Waals surface area contributed by atoms with Gasteiger partial charge in [-0.25, -0.2) is 0 Å². The van der Waals surface area contributed by atoms with Crippen LogP contribution in [-0.4, -0.2) is 21.5 Å². The number of thioether (sulfide) groups is 1. The second-order valence-electron chi connectivity index (χ2n) is 2.25. The molecule has 0 aromatic heterocycles. The van der Waals surface area contributed by atoms with Crippen LogP contribution in [0.3, 0.4) is 0 Å². The molecule has 0 radical (unpaired) electrons. The number of hydrogen-bond acceptors (Lipinski definition) is 3. The van der Waals surface area contributed by atoms with Crippen molar-refractivity contribution in [3.8, 4) is 0 Å². The van der Waals surface area contributed by atoms with E-state index in [0.717, 1.165) is 17.3 Å². The molecule has 5 heteroatoms. The largest absolute Gasteiger partial charge is 0.490 e. The highest BCUT2D eigenvalue weighted by molar-refractivity contribution is 9.28. The van der Waals surface area contributed by atoms with Crippen molar-refractivity contribution in [1.82, 2.24) is 0 Å². The van der Waals surface area contributed by atoms with Crippen LogP contribution in [0.15, 0.2) is 11.5 Å². The number of alkyl halides is 2. The monoisotopic (exact) mass is 300 g/mol. The Morgan fingerprint density at radius 1 is 1.27 bits per heavy atom. The number of halogens is 2. The van der Waals surface area contributed by atoms with E-state index in [9.17, 15) is 0 Å². The lowest BCUT2D eigenvalue weighted by Crippen LogP contribution is -2.17. The number of ether oxygens (including phenoxy) is 2. The minimum atomic E-state index is -0.240. The standard InChI is InChI=1S/C6H6Br2O2S/c7-6(8)5-4(3-11-6)9-1-2-10-5/h1-3H2. The molecule has 0 amide bonds. The van der Waals surface area contributed by atoms with Gasteiger partial charge < -0.3 is 9.47 Å². The Bertz CT molecular complexity index is 215. The topological polar surface area (TPSA) is 18.5 Å². The van der Waals surface area contributed by atoms with Gasteiger partial charge in [0.05, 0.1) is 5.75 Å². The van der Waals surface area contributed by atoms with Crippen molar-refractivity contribution >= 4 is 43.6 Å². The second kappa shape index (κ2) is 2.85. The third kappa shape index (κ3) is 1.42. The van der Waals surface area contributed by atoms with Crippen LogP contribution in [0.25, 0.3) is 0 Å². The van der Waals surface area contributed by atoms with Crippen molar-refractivity contribution in [1.29, 1.82) is 0 Å². The van der Waals surface area contributed by atoms with E-state index in [1.54, 1.807) is 11.8 Å². The fourth-order valence-electron chi connectivity index (χ4n) is 1.03. The second-order valence-corrected chi connectivity index (χ2v) is 7.94. The number of hydrogen-bond donors (Lipinski definition) is 0. The summed E-state index contributed by atoms with van der Waals surface area (Å²) in [5, 5.41) is 0. The molecule has 2 nitrogen and oxygen atoms in total. The molecule has 0 unspecified atom stereocenters. The molecule has 0 aromatic carbocycles. The summed E-state index contributed by atoms with van der Waals surface area (Å²) in [6.07, 6.45) is 0. The van der Waals surface area contributed by atoms with Crippen molar-refractivity contribution in [3.05, 3.63) is 11.5 Å². The lowest BCUT2D eigenvalue weighted by Gasteiger charge is -2.21. The first-order chi connectivity index (χ1) is 5.20. The van der Waals surface area contributed by atoms with Gasteiger partial charge in [-0.3, -0.25) is 0 Å². The highest BCUT2D eigenvalue weighted by atomic mass is 79.9. The molecule has 0 saturated carbocycles. The maximum Gasteiger partial charge on any atom is 0.186 e. The predicted molar refractivity (Wildman–Crippen MR) is 52.0 cm³/mol. The van der Waals surface area contributed by atoms with Gasteiger partial charge >= 0.3 is 0 Å². The molecular formula is C6H6Br2O2S. The first-order valence-electron chi connectivity index (χ1n) is 3.21. The van der Waals surface area contributed by atoms with Gasteiger partial charge in [0.25, 0.3) is 0 Å². The van der Waals surface area contributed by atoms with Gasteiger partial charge in [0.1, 0.15) is 19.0 Å². The number of rotatable bonds is 0. The summed E-state index contributed by atoms with van der Waals surface area (Å²) in [7, 11) is 0. The third-order valence-electron chi connectivity index (χ3n) is 1.51. The van der Waals surface area contributed by atoms with Crippen LogP contribution in [-0.2, 0) is 9.47 Å². The van der Waals surface area contributed by atoms with E-state index in [1.165, 1.54) is 0 Å². The molecule has 2 heterocycles. The SMILES string of the molecule is BrC1(Br)SCC2=C1OCCO2. The Kier molecular flexibility index (Phi) is 2.14. The summed E-state index contributed by atoms with van der Waals surface area (Å²) >= 11 is 8.72. The summed E-state index contributed by atoms with van der Waals surface area (Å²) < 4.78 is 10.6. The molecule has 0 fully saturated rings. The minimum absolute atomic E-state index is 0.240. The summed E-state index contributed by atoms with van der Waals surface area (Å²) in [5.74, 6) is 2.75. The van der Waals surface area contributed by atoms with Crippen molar-refractivity contribution in [2.45, 2.75) is 2.57 Å². The summed E-state index contributed by atoms with van der Waals surface area (Å²) in [6, 6.07) is 0. The maximum atomic E-state index is 5.46. The van der Waals surface area contributed by atoms with E-state index >= 15 is 0 Å². The average Bonchev–Trinajstić information content (AvgIpc) is 2.29. The molecule has 2 aliphatic heterocycles. The van der Waals surface area contributed by atoms with Gasteiger partial charge in [-0.2, -0.15) is 0 Å². The van der Waals surface area contributed by atoms with Crippen LogP contribution >= 0.6 is 43.6 Å². The Balaban J connectivity index is 2.29.